The van der Waals surface area contributed by atoms with Crippen LogP contribution in [0.3, 0.4) is 0 Å². The quantitative estimate of drug-likeness (QED) is 0.0608. The molecule has 0 aromatic rings. The van der Waals surface area contributed by atoms with Crippen molar-refractivity contribution in [2.75, 3.05) is 0 Å². The zero-order valence-corrected chi connectivity index (χ0v) is 28.5. The van der Waals surface area contributed by atoms with Crippen molar-refractivity contribution in [2.45, 2.75) is 238 Å². The molecule has 0 heterocycles. The summed E-state index contributed by atoms with van der Waals surface area (Å²) in [7, 11) is 0. The first-order valence-corrected chi connectivity index (χ1v) is 19.0. The monoisotopic (exact) mass is 581 g/mol. The summed E-state index contributed by atoms with van der Waals surface area (Å²) in [5.74, 6) is -0.368. The van der Waals surface area contributed by atoms with Gasteiger partial charge in [-0.1, -0.05) is 194 Å². The summed E-state index contributed by atoms with van der Waals surface area (Å²) in [5, 5.41) is 10.5. The van der Waals surface area contributed by atoms with Crippen LogP contribution in [0.1, 0.15) is 226 Å². The summed E-state index contributed by atoms with van der Waals surface area (Å²) in [6, 6.07) is 0. The van der Waals surface area contributed by atoms with Gasteiger partial charge < -0.3 is 9.84 Å². The number of ether oxygens (including phenoxy) is 1. The molecule has 0 radical (unpaired) electrons. The third-order valence-electron chi connectivity index (χ3n) is 8.90. The molecule has 0 amide bonds. The van der Waals surface area contributed by atoms with Crippen LogP contribution in [0, 0.1) is 0 Å². The van der Waals surface area contributed by atoms with Crippen LogP contribution >= 0.6 is 0 Å². The summed E-state index contributed by atoms with van der Waals surface area (Å²) < 4.78 is 5.90. The Hall–Kier alpha value is -0.570. The Morgan fingerprint density at radius 3 is 0.951 bits per heavy atom. The van der Waals surface area contributed by atoms with Gasteiger partial charge in [0.15, 0.2) is 6.10 Å². The molecular weight excluding hydrogens is 504 g/mol. The Labute approximate surface area is 258 Å². The van der Waals surface area contributed by atoms with Crippen LogP contribution in [0.15, 0.2) is 0 Å². The number of aliphatic hydroxyl groups excluding tert-OH is 1. The first kappa shape index (κ1) is 40.4. The molecule has 0 saturated carbocycles. The smallest absolute Gasteiger partial charge is 0.335 e. The van der Waals surface area contributed by atoms with E-state index in [0.29, 0.717) is 6.42 Å². The van der Waals surface area contributed by atoms with Crippen LogP contribution in [0.2, 0.25) is 0 Å². The van der Waals surface area contributed by atoms with E-state index in [9.17, 15) is 9.90 Å². The second kappa shape index (κ2) is 33.9. The molecule has 246 valence electrons. The van der Waals surface area contributed by atoms with Crippen LogP contribution < -0.4 is 0 Å². The highest BCUT2D eigenvalue weighted by Gasteiger charge is 2.21. The van der Waals surface area contributed by atoms with Gasteiger partial charge in [0.1, 0.15) is 6.10 Å². The zero-order chi connectivity index (χ0) is 30.1. The fourth-order valence-corrected chi connectivity index (χ4v) is 5.99. The molecule has 2 atom stereocenters. The highest BCUT2D eigenvalue weighted by atomic mass is 16.6. The van der Waals surface area contributed by atoms with Gasteiger partial charge in [-0.15, -0.1) is 0 Å². The second-order valence-corrected chi connectivity index (χ2v) is 13.1. The molecular formula is C38H76O3. The van der Waals surface area contributed by atoms with Gasteiger partial charge in [0, 0.05) is 0 Å². The molecule has 1 N–H and O–H groups in total. The molecule has 0 saturated heterocycles. The topological polar surface area (TPSA) is 46.5 Å². The van der Waals surface area contributed by atoms with Gasteiger partial charge in [-0.05, 0) is 32.1 Å². The summed E-state index contributed by atoms with van der Waals surface area (Å²) in [4.78, 5) is 12.7. The Morgan fingerprint density at radius 1 is 0.415 bits per heavy atom. The highest BCUT2D eigenvalue weighted by molar-refractivity contribution is 5.74. The van der Waals surface area contributed by atoms with Gasteiger partial charge in [-0.2, -0.15) is 0 Å². The third kappa shape index (κ3) is 30.7. The number of aliphatic hydroxyl groups is 1. The predicted octanol–water partition coefficient (Wildman–Crippen LogP) is 12.8. The molecule has 3 heteroatoms. The Balaban J connectivity index is 4.02. The van der Waals surface area contributed by atoms with Crippen molar-refractivity contribution in [1.29, 1.82) is 0 Å². The van der Waals surface area contributed by atoms with E-state index in [0.717, 1.165) is 38.5 Å². The van der Waals surface area contributed by atoms with E-state index >= 15 is 0 Å². The fraction of sp³-hybridized carbons (Fsp3) is 0.974. The minimum atomic E-state index is -0.942. The van der Waals surface area contributed by atoms with Crippen LogP contribution in [-0.2, 0) is 9.53 Å². The molecule has 0 fully saturated rings. The first-order chi connectivity index (χ1) is 20.2. The zero-order valence-electron chi connectivity index (χ0n) is 28.5. The van der Waals surface area contributed by atoms with E-state index in [2.05, 4.69) is 20.8 Å². The van der Waals surface area contributed by atoms with Crippen LogP contribution in [0.4, 0.5) is 0 Å². The minimum absolute atomic E-state index is 0.00998. The number of esters is 1. The summed E-state index contributed by atoms with van der Waals surface area (Å²) in [6.45, 7) is 6.81. The average Bonchev–Trinajstić information content (AvgIpc) is 2.97. The van der Waals surface area contributed by atoms with Crippen LogP contribution in [-0.4, -0.2) is 23.3 Å². The number of unbranched alkanes of at least 4 members (excludes halogenated alkanes) is 26. The Kier molecular flexibility index (Phi) is 33.5. The van der Waals surface area contributed by atoms with Gasteiger partial charge in [0.25, 0.3) is 0 Å². The third-order valence-corrected chi connectivity index (χ3v) is 8.90. The molecule has 2 unspecified atom stereocenters. The van der Waals surface area contributed by atoms with E-state index in [-0.39, 0.29) is 12.1 Å². The van der Waals surface area contributed by atoms with Gasteiger partial charge in [-0.3, -0.25) is 0 Å². The minimum Gasteiger partial charge on any atom is -0.460 e. The highest BCUT2D eigenvalue weighted by Crippen LogP contribution is 2.19. The lowest BCUT2D eigenvalue weighted by Gasteiger charge is -2.20. The lowest BCUT2D eigenvalue weighted by molar-refractivity contribution is -0.160. The number of carbonyl (C=O) groups is 1. The van der Waals surface area contributed by atoms with E-state index < -0.39 is 6.10 Å². The molecule has 0 aliphatic carbocycles. The first-order valence-electron chi connectivity index (χ1n) is 19.0. The molecule has 0 aromatic heterocycles. The van der Waals surface area contributed by atoms with Crippen molar-refractivity contribution in [3.8, 4) is 0 Å². The van der Waals surface area contributed by atoms with E-state index in [4.69, 9.17) is 4.74 Å². The SMILES string of the molecule is CCCCCCCCCCCCCCCCC(O)C(=O)OC(CCCCCCCCC)CCCCCCCCCC. The molecule has 3 nitrogen and oxygen atoms in total. The summed E-state index contributed by atoms with van der Waals surface area (Å²) in [6.07, 6.45) is 39.3. The number of hydrogen-bond acceptors (Lipinski definition) is 3. The van der Waals surface area contributed by atoms with Crippen molar-refractivity contribution < 1.29 is 14.6 Å². The standard InChI is InChI=1S/C38H76O3/c1-4-7-10-13-16-18-19-20-21-22-23-26-29-32-35-37(39)38(40)41-36(33-30-27-24-15-12-9-6-3)34-31-28-25-17-14-11-8-5-2/h36-37,39H,4-35H2,1-3H3. The van der Waals surface area contributed by atoms with Gasteiger partial charge in [0.2, 0.25) is 0 Å². The molecule has 0 aromatic carbocycles. The Morgan fingerprint density at radius 2 is 0.659 bits per heavy atom. The molecule has 0 aliphatic heterocycles. The maximum Gasteiger partial charge on any atom is 0.335 e. The summed E-state index contributed by atoms with van der Waals surface area (Å²) >= 11 is 0. The van der Waals surface area contributed by atoms with E-state index in [1.165, 1.54) is 161 Å². The fourth-order valence-electron chi connectivity index (χ4n) is 5.99. The van der Waals surface area contributed by atoms with E-state index in [1.54, 1.807) is 0 Å². The second-order valence-electron chi connectivity index (χ2n) is 13.1. The Bertz CT molecular complexity index is 506. The molecule has 0 spiro atoms. The molecule has 0 aliphatic rings. The van der Waals surface area contributed by atoms with Crippen LogP contribution in [0.5, 0.6) is 0 Å². The van der Waals surface area contributed by atoms with Crippen molar-refractivity contribution in [1.82, 2.24) is 0 Å². The van der Waals surface area contributed by atoms with Gasteiger partial charge >= 0.3 is 5.97 Å². The number of hydrogen-bond donors (Lipinski definition) is 1. The van der Waals surface area contributed by atoms with Gasteiger partial charge in [-0.25, -0.2) is 4.79 Å². The van der Waals surface area contributed by atoms with Crippen molar-refractivity contribution in [3.05, 3.63) is 0 Å². The molecule has 0 rings (SSSR count). The largest absolute Gasteiger partial charge is 0.460 e. The lowest BCUT2D eigenvalue weighted by Crippen LogP contribution is -2.28. The summed E-state index contributed by atoms with van der Waals surface area (Å²) in [5.41, 5.74) is 0. The number of rotatable bonds is 34. The van der Waals surface area contributed by atoms with E-state index in [1.807, 2.05) is 0 Å². The maximum atomic E-state index is 12.7. The van der Waals surface area contributed by atoms with Crippen molar-refractivity contribution in [2.24, 2.45) is 0 Å². The molecule has 41 heavy (non-hydrogen) atoms. The van der Waals surface area contributed by atoms with Crippen molar-refractivity contribution in [3.63, 3.8) is 0 Å². The number of carbonyl (C=O) groups excluding carboxylic acids is 1. The normalized spacial score (nSPS) is 13.0. The molecule has 0 bridgehead atoms. The van der Waals surface area contributed by atoms with Gasteiger partial charge in [0.05, 0.1) is 0 Å². The van der Waals surface area contributed by atoms with Crippen LogP contribution in [0.25, 0.3) is 0 Å². The van der Waals surface area contributed by atoms with Crippen molar-refractivity contribution >= 4 is 5.97 Å². The average molecular weight is 581 g/mol. The lowest BCUT2D eigenvalue weighted by atomic mass is 10.0. The maximum absolute atomic E-state index is 12.7. The predicted molar refractivity (Wildman–Crippen MR) is 181 cm³/mol.